The summed E-state index contributed by atoms with van der Waals surface area (Å²) < 4.78 is 3.71. The van der Waals surface area contributed by atoms with Crippen LogP contribution in [0.1, 0.15) is 30.3 Å². The van der Waals surface area contributed by atoms with E-state index in [4.69, 9.17) is 4.98 Å². The number of imidazole rings is 1. The van der Waals surface area contributed by atoms with Crippen LogP contribution >= 0.6 is 11.3 Å². The van der Waals surface area contributed by atoms with Crippen LogP contribution in [-0.4, -0.2) is 48.0 Å². The van der Waals surface area contributed by atoms with Crippen molar-refractivity contribution >= 4 is 22.1 Å². The van der Waals surface area contributed by atoms with E-state index in [1.165, 1.54) is 11.2 Å². The van der Waals surface area contributed by atoms with Gasteiger partial charge >= 0.3 is 0 Å². The van der Waals surface area contributed by atoms with E-state index in [0.717, 1.165) is 37.4 Å². The summed E-state index contributed by atoms with van der Waals surface area (Å²) in [4.78, 5) is 24.3. The molecule has 23 heavy (non-hydrogen) atoms. The highest BCUT2D eigenvalue weighted by atomic mass is 32.1. The highest BCUT2D eigenvalue weighted by Gasteiger charge is 2.28. The van der Waals surface area contributed by atoms with Crippen molar-refractivity contribution in [1.29, 1.82) is 0 Å². The number of hydrogen-bond acceptors (Lipinski definition) is 5. The third-order valence-corrected chi connectivity index (χ3v) is 5.27. The third-order valence-electron chi connectivity index (χ3n) is 4.38. The van der Waals surface area contributed by atoms with Gasteiger partial charge in [-0.2, -0.15) is 5.10 Å². The first kappa shape index (κ1) is 14.4. The summed E-state index contributed by atoms with van der Waals surface area (Å²) in [5.74, 6) is 1.42. The highest BCUT2D eigenvalue weighted by molar-refractivity contribution is 7.15. The summed E-state index contributed by atoms with van der Waals surface area (Å²) in [6, 6.07) is 0. The summed E-state index contributed by atoms with van der Waals surface area (Å²) in [6.07, 6.45) is 7.18. The van der Waals surface area contributed by atoms with Gasteiger partial charge in [0, 0.05) is 30.6 Å². The van der Waals surface area contributed by atoms with E-state index in [-0.39, 0.29) is 12.5 Å². The Morgan fingerprint density at radius 2 is 2.39 bits per heavy atom. The Bertz CT molecular complexity index is 820. The molecule has 1 amide bonds. The second-order valence-corrected chi connectivity index (χ2v) is 6.79. The molecule has 120 valence electrons. The first-order chi connectivity index (χ1) is 11.2. The fourth-order valence-corrected chi connectivity index (χ4v) is 4.19. The monoisotopic (exact) mass is 330 g/mol. The molecule has 1 saturated heterocycles. The van der Waals surface area contributed by atoms with Gasteiger partial charge in [-0.25, -0.2) is 14.6 Å². The molecule has 8 heteroatoms. The maximum atomic E-state index is 12.5. The normalized spacial score (nSPS) is 18.7. The van der Waals surface area contributed by atoms with Crippen molar-refractivity contribution in [3.05, 3.63) is 35.7 Å². The molecule has 0 bridgehead atoms. The van der Waals surface area contributed by atoms with Gasteiger partial charge < -0.3 is 4.90 Å². The Balaban J connectivity index is 1.52. The van der Waals surface area contributed by atoms with Crippen molar-refractivity contribution in [2.75, 3.05) is 13.1 Å². The maximum Gasteiger partial charge on any atom is 0.244 e. The number of thiazole rings is 1. The van der Waals surface area contributed by atoms with Crippen LogP contribution in [0, 0.1) is 6.92 Å². The first-order valence-corrected chi connectivity index (χ1v) is 8.62. The molecule has 1 aliphatic rings. The summed E-state index contributed by atoms with van der Waals surface area (Å²) in [7, 11) is 0. The molecule has 1 atom stereocenters. The lowest BCUT2D eigenvalue weighted by molar-refractivity contribution is -0.133. The quantitative estimate of drug-likeness (QED) is 0.733. The minimum Gasteiger partial charge on any atom is -0.340 e. The molecule has 1 fully saturated rings. The fourth-order valence-electron chi connectivity index (χ4n) is 3.24. The molecule has 4 heterocycles. The van der Waals surface area contributed by atoms with Gasteiger partial charge in [-0.3, -0.25) is 9.20 Å². The zero-order valence-corrected chi connectivity index (χ0v) is 13.7. The molecule has 7 nitrogen and oxygen atoms in total. The number of hydrogen-bond donors (Lipinski definition) is 0. The van der Waals surface area contributed by atoms with Crippen LogP contribution in [0.4, 0.5) is 0 Å². The highest BCUT2D eigenvalue weighted by Crippen LogP contribution is 2.31. The number of nitrogens with zero attached hydrogens (tertiary/aromatic N) is 6. The minimum atomic E-state index is 0.0959. The van der Waals surface area contributed by atoms with Crippen molar-refractivity contribution in [3.63, 3.8) is 0 Å². The lowest BCUT2D eigenvalue weighted by Gasteiger charge is -2.32. The minimum absolute atomic E-state index is 0.0959. The van der Waals surface area contributed by atoms with E-state index in [0.29, 0.717) is 5.92 Å². The summed E-state index contributed by atoms with van der Waals surface area (Å²) in [5.41, 5.74) is 1.13. The third kappa shape index (κ3) is 2.63. The SMILES string of the molecule is Cc1nc(C2CCCN(C(=O)Cn3cncn3)C2)c2sccn12. The molecule has 4 rings (SSSR count). The van der Waals surface area contributed by atoms with Gasteiger partial charge in [0.15, 0.2) is 0 Å². The summed E-state index contributed by atoms with van der Waals surface area (Å²) >= 11 is 1.72. The van der Waals surface area contributed by atoms with Crippen molar-refractivity contribution in [3.8, 4) is 0 Å². The van der Waals surface area contributed by atoms with Gasteiger partial charge in [0.25, 0.3) is 0 Å². The number of fused-ring (bicyclic) bond motifs is 1. The van der Waals surface area contributed by atoms with Crippen LogP contribution in [0.25, 0.3) is 4.83 Å². The molecule has 0 aromatic carbocycles. The van der Waals surface area contributed by atoms with E-state index in [2.05, 4.69) is 26.1 Å². The van der Waals surface area contributed by atoms with Gasteiger partial charge in [-0.15, -0.1) is 11.3 Å². The van der Waals surface area contributed by atoms with Crippen molar-refractivity contribution in [1.82, 2.24) is 29.0 Å². The van der Waals surface area contributed by atoms with Crippen molar-refractivity contribution < 1.29 is 4.79 Å². The van der Waals surface area contributed by atoms with E-state index in [9.17, 15) is 4.79 Å². The number of likely N-dealkylation sites (tertiary alicyclic amines) is 1. The van der Waals surface area contributed by atoms with Gasteiger partial charge in [-0.1, -0.05) is 0 Å². The second-order valence-electron chi connectivity index (χ2n) is 5.89. The van der Waals surface area contributed by atoms with E-state index >= 15 is 0 Å². The number of rotatable bonds is 3. The van der Waals surface area contributed by atoms with Crippen LogP contribution in [-0.2, 0) is 11.3 Å². The molecule has 0 aliphatic carbocycles. The lowest BCUT2D eigenvalue weighted by atomic mass is 9.95. The van der Waals surface area contributed by atoms with E-state index in [1.807, 2.05) is 11.8 Å². The van der Waals surface area contributed by atoms with Crippen LogP contribution in [0.2, 0.25) is 0 Å². The molecule has 1 unspecified atom stereocenters. The number of aryl methyl sites for hydroxylation is 1. The molecular weight excluding hydrogens is 312 g/mol. The van der Waals surface area contributed by atoms with Crippen molar-refractivity contribution in [2.45, 2.75) is 32.2 Å². The van der Waals surface area contributed by atoms with Gasteiger partial charge in [-0.05, 0) is 19.8 Å². The zero-order valence-electron chi connectivity index (χ0n) is 12.9. The largest absolute Gasteiger partial charge is 0.340 e. The first-order valence-electron chi connectivity index (χ1n) is 7.74. The average molecular weight is 330 g/mol. The number of carbonyl (C=O) groups excluding carboxylic acids is 1. The Kier molecular flexibility index (Phi) is 3.60. The lowest BCUT2D eigenvalue weighted by Crippen LogP contribution is -2.41. The van der Waals surface area contributed by atoms with E-state index < -0.39 is 0 Å². The molecule has 1 aliphatic heterocycles. The molecule has 0 N–H and O–H groups in total. The second kappa shape index (κ2) is 5.77. The molecule has 3 aromatic heterocycles. The van der Waals surface area contributed by atoms with Crippen LogP contribution < -0.4 is 0 Å². The maximum absolute atomic E-state index is 12.5. The summed E-state index contributed by atoms with van der Waals surface area (Å²) in [6.45, 7) is 3.82. The Labute approximate surface area is 137 Å². The predicted molar refractivity (Wildman–Crippen MR) is 86.4 cm³/mol. The van der Waals surface area contributed by atoms with Crippen molar-refractivity contribution in [2.24, 2.45) is 0 Å². The molecule has 0 spiro atoms. The number of piperidine rings is 1. The average Bonchev–Trinajstić information content (AvgIpc) is 3.27. The number of amides is 1. The van der Waals surface area contributed by atoms with Gasteiger partial charge in [0.2, 0.25) is 5.91 Å². The van der Waals surface area contributed by atoms with E-state index in [1.54, 1.807) is 22.3 Å². The Morgan fingerprint density at radius 1 is 1.48 bits per heavy atom. The molecular formula is C15H18N6OS. The van der Waals surface area contributed by atoms with Crippen LogP contribution in [0.5, 0.6) is 0 Å². The summed E-state index contributed by atoms with van der Waals surface area (Å²) in [5, 5.41) is 6.10. The Morgan fingerprint density at radius 3 is 3.22 bits per heavy atom. The number of aromatic nitrogens is 5. The van der Waals surface area contributed by atoms with Gasteiger partial charge in [0.1, 0.15) is 29.9 Å². The number of carbonyl (C=O) groups is 1. The predicted octanol–water partition coefficient (Wildman–Crippen LogP) is 1.70. The molecule has 0 radical (unpaired) electrons. The van der Waals surface area contributed by atoms with Crippen LogP contribution in [0.3, 0.4) is 0 Å². The van der Waals surface area contributed by atoms with Gasteiger partial charge in [0.05, 0.1) is 5.69 Å². The Hall–Kier alpha value is -2.22. The van der Waals surface area contributed by atoms with Crippen LogP contribution in [0.15, 0.2) is 24.2 Å². The fraction of sp³-hybridized carbons (Fsp3) is 0.467. The smallest absolute Gasteiger partial charge is 0.244 e. The topological polar surface area (TPSA) is 68.3 Å². The zero-order chi connectivity index (χ0) is 15.8. The molecule has 3 aromatic rings. The molecule has 0 saturated carbocycles. The standard InChI is InChI=1S/C15H18N6OS/c1-11-18-14(15-21(11)5-6-23-15)12-3-2-4-19(7-12)13(22)8-20-10-16-9-17-20/h5-6,9-10,12H,2-4,7-8H2,1H3.